The zero-order valence-corrected chi connectivity index (χ0v) is 19.3. The van der Waals surface area contributed by atoms with Gasteiger partial charge in [-0.25, -0.2) is 0 Å². The average molecular weight is 442 g/mol. The van der Waals surface area contributed by atoms with Gasteiger partial charge in [-0.3, -0.25) is 10.2 Å². The Morgan fingerprint density at radius 3 is 2.60 bits per heavy atom. The molecule has 2 aromatic carbocycles. The first-order valence-electron chi connectivity index (χ1n) is 10.7. The summed E-state index contributed by atoms with van der Waals surface area (Å²) >= 11 is 8.03. The Balaban J connectivity index is 1.68. The van der Waals surface area contributed by atoms with Crippen LogP contribution in [-0.2, 0) is 11.3 Å². The monoisotopic (exact) mass is 441 g/mol. The van der Waals surface area contributed by atoms with Gasteiger partial charge in [0.15, 0.2) is 4.87 Å². The highest BCUT2D eigenvalue weighted by atomic mass is 35.5. The van der Waals surface area contributed by atoms with Crippen molar-refractivity contribution in [1.82, 2.24) is 10.3 Å². The molecule has 2 aromatic rings. The maximum absolute atomic E-state index is 13.9. The van der Waals surface area contributed by atoms with E-state index in [0.29, 0.717) is 11.6 Å². The lowest BCUT2D eigenvalue weighted by atomic mass is 9.90. The molecule has 0 radical (unpaired) electrons. The van der Waals surface area contributed by atoms with Crippen molar-refractivity contribution in [3.63, 3.8) is 0 Å². The summed E-state index contributed by atoms with van der Waals surface area (Å²) in [5, 5.41) is 6.27. The van der Waals surface area contributed by atoms with E-state index in [9.17, 15) is 4.79 Å². The third-order valence-corrected chi connectivity index (χ3v) is 8.01. The Bertz CT molecular complexity index is 978. The van der Waals surface area contributed by atoms with Crippen LogP contribution >= 0.6 is 23.4 Å². The molecule has 1 N–H and O–H groups in total. The molecule has 1 spiro atoms. The largest absolute Gasteiger partial charge is 0.332 e. The van der Waals surface area contributed by atoms with E-state index in [2.05, 4.69) is 43.4 Å². The van der Waals surface area contributed by atoms with Crippen LogP contribution in [0.4, 0.5) is 0 Å². The normalized spacial score (nSPS) is 25.7. The van der Waals surface area contributed by atoms with E-state index in [-0.39, 0.29) is 17.9 Å². The first kappa shape index (κ1) is 21.3. The van der Waals surface area contributed by atoms with Crippen LogP contribution in [0.25, 0.3) is 0 Å². The molecule has 3 atom stereocenters. The molecule has 30 heavy (non-hydrogen) atoms. The van der Waals surface area contributed by atoms with Crippen LogP contribution in [0.2, 0.25) is 5.02 Å². The van der Waals surface area contributed by atoms with Gasteiger partial charge in [0, 0.05) is 29.1 Å². The summed E-state index contributed by atoms with van der Waals surface area (Å²) in [7, 11) is 0. The number of thioether (sulfide) groups is 1. The molecule has 4 nitrogen and oxygen atoms in total. The SMILES string of the molecule is CCCC1C(CC)C2(NN=C(c3ccccc3C)S2)C(=O)N1Cc1ccccc1Cl. The van der Waals surface area contributed by atoms with Crippen LogP contribution < -0.4 is 5.43 Å². The van der Waals surface area contributed by atoms with Crippen molar-refractivity contribution in [1.29, 1.82) is 0 Å². The fraction of sp³-hybridized carbons (Fsp3) is 0.417. The van der Waals surface area contributed by atoms with Gasteiger partial charge < -0.3 is 4.90 Å². The van der Waals surface area contributed by atoms with Crippen molar-refractivity contribution in [2.75, 3.05) is 0 Å². The summed E-state index contributed by atoms with van der Waals surface area (Å²) in [4.78, 5) is 15.2. The summed E-state index contributed by atoms with van der Waals surface area (Å²) in [6.45, 7) is 6.97. The predicted octanol–water partition coefficient (Wildman–Crippen LogP) is 5.58. The van der Waals surface area contributed by atoms with E-state index in [1.54, 1.807) is 11.8 Å². The third-order valence-electron chi connectivity index (χ3n) is 6.25. The van der Waals surface area contributed by atoms with Crippen LogP contribution in [0, 0.1) is 12.8 Å². The Kier molecular flexibility index (Phi) is 6.12. The molecule has 0 aliphatic carbocycles. The highest BCUT2D eigenvalue weighted by Gasteiger charge is 2.61. The van der Waals surface area contributed by atoms with Gasteiger partial charge in [0.05, 0.1) is 0 Å². The molecule has 3 unspecified atom stereocenters. The van der Waals surface area contributed by atoms with Gasteiger partial charge in [0.1, 0.15) is 5.04 Å². The summed E-state index contributed by atoms with van der Waals surface area (Å²) < 4.78 is 0. The van der Waals surface area contributed by atoms with E-state index in [0.717, 1.165) is 35.4 Å². The zero-order chi connectivity index (χ0) is 21.3. The van der Waals surface area contributed by atoms with Crippen molar-refractivity contribution in [2.45, 2.75) is 57.5 Å². The number of amides is 1. The van der Waals surface area contributed by atoms with E-state index in [1.807, 2.05) is 41.3 Å². The quantitative estimate of drug-likeness (QED) is 0.636. The van der Waals surface area contributed by atoms with Gasteiger partial charge in [-0.15, -0.1) is 0 Å². The number of rotatable bonds is 6. The molecule has 0 aromatic heterocycles. The molecule has 0 bridgehead atoms. The Labute approximate surface area is 188 Å². The fourth-order valence-electron chi connectivity index (χ4n) is 4.73. The van der Waals surface area contributed by atoms with E-state index < -0.39 is 4.87 Å². The topological polar surface area (TPSA) is 44.7 Å². The van der Waals surface area contributed by atoms with Crippen molar-refractivity contribution in [3.05, 3.63) is 70.2 Å². The Hall–Kier alpha value is -1.98. The second-order valence-electron chi connectivity index (χ2n) is 8.08. The molecule has 4 rings (SSSR count). The van der Waals surface area contributed by atoms with Crippen LogP contribution in [0.15, 0.2) is 53.6 Å². The maximum atomic E-state index is 13.9. The second kappa shape index (κ2) is 8.64. The van der Waals surface area contributed by atoms with Crippen molar-refractivity contribution in [2.24, 2.45) is 11.0 Å². The lowest BCUT2D eigenvalue weighted by Gasteiger charge is -2.29. The number of hydrogen-bond donors (Lipinski definition) is 1. The average Bonchev–Trinajstić information content (AvgIpc) is 3.27. The Morgan fingerprint density at radius 1 is 1.17 bits per heavy atom. The fourth-order valence-corrected chi connectivity index (χ4v) is 6.43. The predicted molar refractivity (Wildman–Crippen MR) is 126 cm³/mol. The van der Waals surface area contributed by atoms with Gasteiger partial charge >= 0.3 is 0 Å². The highest BCUT2D eigenvalue weighted by Crippen LogP contribution is 2.50. The molecule has 2 aliphatic rings. The molecular weight excluding hydrogens is 414 g/mol. The van der Waals surface area contributed by atoms with E-state index in [4.69, 9.17) is 11.6 Å². The lowest BCUT2D eigenvalue weighted by molar-refractivity contribution is -0.132. The summed E-state index contributed by atoms with van der Waals surface area (Å²) in [5.74, 6) is 0.285. The molecule has 1 fully saturated rings. The van der Waals surface area contributed by atoms with Crippen LogP contribution in [0.1, 0.15) is 49.8 Å². The van der Waals surface area contributed by atoms with Crippen LogP contribution in [0.3, 0.4) is 0 Å². The van der Waals surface area contributed by atoms with E-state index in [1.165, 1.54) is 5.56 Å². The number of halogens is 1. The third kappa shape index (κ3) is 3.52. The summed E-state index contributed by atoms with van der Waals surface area (Å²) in [5.41, 5.74) is 6.55. The number of hydrazone groups is 1. The van der Waals surface area contributed by atoms with Crippen LogP contribution in [0.5, 0.6) is 0 Å². The smallest absolute Gasteiger partial charge is 0.261 e. The number of benzene rings is 2. The zero-order valence-electron chi connectivity index (χ0n) is 17.7. The number of nitrogens with zero attached hydrogens (tertiary/aromatic N) is 2. The van der Waals surface area contributed by atoms with Crippen molar-refractivity contribution in [3.8, 4) is 0 Å². The minimum absolute atomic E-state index is 0.116. The van der Waals surface area contributed by atoms with Gasteiger partial charge in [-0.2, -0.15) is 5.10 Å². The number of aryl methyl sites for hydroxylation is 1. The minimum atomic E-state index is -0.743. The van der Waals surface area contributed by atoms with Gasteiger partial charge in [-0.1, -0.05) is 86.1 Å². The first-order chi connectivity index (χ1) is 14.5. The van der Waals surface area contributed by atoms with Gasteiger partial charge in [0.25, 0.3) is 5.91 Å². The highest BCUT2D eigenvalue weighted by molar-refractivity contribution is 8.16. The lowest BCUT2D eigenvalue weighted by Crippen LogP contribution is -2.48. The van der Waals surface area contributed by atoms with Gasteiger partial charge in [0.2, 0.25) is 0 Å². The number of likely N-dealkylation sites (tertiary alicyclic amines) is 1. The molecule has 6 heteroatoms. The molecule has 1 amide bonds. The molecule has 0 saturated carbocycles. The first-order valence-corrected chi connectivity index (χ1v) is 11.9. The number of nitrogens with one attached hydrogen (secondary N) is 1. The summed E-state index contributed by atoms with van der Waals surface area (Å²) in [6.07, 6.45) is 2.91. The maximum Gasteiger partial charge on any atom is 0.261 e. The molecule has 1 saturated heterocycles. The van der Waals surface area contributed by atoms with Crippen molar-refractivity contribution >= 4 is 34.3 Å². The molecule has 2 heterocycles. The Morgan fingerprint density at radius 2 is 1.90 bits per heavy atom. The second-order valence-corrected chi connectivity index (χ2v) is 9.72. The molecule has 158 valence electrons. The number of carbonyl (C=O) groups excluding carboxylic acids is 1. The van der Waals surface area contributed by atoms with Crippen molar-refractivity contribution < 1.29 is 4.79 Å². The molecular formula is C24H28ClN3OS. The summed E-state index contributed by atoms with van der Waals surface area (Å²) in [6, 6.07) is 16.2. The standard InChI is InChI=1S/C24H28ClN3OS/c1-4-10-21-19(5-2)24(23(29)28(21)15-17-12-7-9-14-20(17)25)27-26-22(30-24)18-13-8-6-11-16(18)3/h6-9,11-14,19,21,27H,4-5,10,15H2,1-3H3. The number of hydrogen-bond acceptors (Lipinski definition) is 4. The van der Waals surface area contributed by atoms with Crippen LogP contribution in [-0.4, -0.2) is 26.8 Å². The number of carbonyl (C=O) groups is 1. The van der Waals surface area contributed by atoms with E-state index >= 15 is 0 Å². The van der Waals surface area contributed by atoms with Gasteiger partial charge in [-0.05, 0) is 37.0 Å². The molecule has 2 aliphatic heterocycles. The minimum Gasteiger partial charge on any atom is -0.332 e.